The van der Waals surface area contributed by atoms with Crippen molar-refractivity contribution in [3.63, 3.8) is 0 Å². The highest BCUT2D eigenvalue weighted by Gasteiger charge is 2.51. The number of fused-ring (bicyclic) bond motifs is 3. The minimum absolute atomic E-state index is 0.0285. The molecule has 4 aromatic rings. The van der Waals surface area contributed by atoms with E-state index in [4.69, 9.17) is 19.4 Å². The first-order valence-corrected chi connectivity index (χ1v) is 18.9. The number of likely N-dealkylation sites (tertiary alicyclic amines) is 1. The predicted molar refractivity (Wildman–Crippen MR) is 195 cm³/mol. The predicted octanol–water partition coefficient (Wildman–Crippen LogP) is 7.57. The van der Waals surface area contributed by atoms with Gasteiger partial charge in [0.2, 0.25) is 0 Å². The number of aliphatic hydroxyl groups excluding tert-OH is 1. The molecule has 2 N–H and O–H groups in total. The van der Waals surface area contributed by atoms with Gasteiger partial charge in [-0.3, -0.25) is 9.88 Å². The summed E-state index contributed by atoms with van der Waals surface area (Å²) >= 11 is 0. The number of ether oxygens (including phenoxy) is 2. The number of β-amino-alcohol motifs (C(OH)–C–C–N with tert-alkyl or cyclic N) is 1. The fourth-order valence-corrected chi connectivity index (χ4v) is 9.28. The van der Waals surface area contributed by atoms with Crippen molar-refractivity contribution in [2.45, 2.75) is 109 Å². The molecule has 4 fully saturated rings. The van der Waals surface area contributed by atoms with E-state index in [2.05, 4.69) is 9.88 Å². The number of phenols is 1. The maximum absolute atomic E-state index is 16.9. The smallest absolute Gasteiger partial charge is 0.319 e. The number of benzene rings is 2. The van der Waals surface area contributed by atoms with Crippen LogP contribution in [-0.2, 0) is 11.2 Å². The molecule has 2 aromatic carbocycles. The molecule has 4 aliphatic rings. The number of hydrogen-bond acceptors (Lipinski definition) is 9. The Morgan fingerprint density at radius 1 is 1.02 bits per heavy atom. The summed E-state index contributed by atoms with van der Waals surface area (Å²) in [5.41, 5.74) is 0.703. The Bertz CT molecular complexity index is 1890. The molecule has 11 heteroatoms. The van der Waals surface area contributed by atoms with Crippen molar-refractivity contribution >= 4 is 27.5 Å². The summed E-state index contributed by atoms with van der Waals surface area (Å²) < 4.78 is 44.1. The SMILES string of the molecule is CC.CCc1c(F)ccc2cc(O)cc(-c3ncc4c(N5CCCC(O)C5)nc(OCC56CCCC5N(C5CC(OC)C5)CCC6)nc4c3F)c12. The van der Waals surface area contributed by atoms with Crippen molar-refractivity contribution in [2.24, 2.45) is 5.41 Å². The molecule has 2 saturated heterocycles. The number of nitrogens with zero attached hydrogens (tertiary/aromatic N) is 5. The summed E-state index contributed by atoms with van der Waals surface area (Å²) in [6, 6.07) is 6.99. The number of halogens is 2. The monoisotopic (exact) mass is 703 g/mol. The van der Waals surface area contributed by atoms with E-state index in [1.165, 1.54) is 12.1 Å². The molecule has 3 atom stereocenters. The van der Waals surface area contributed by atoms with Crippen LogP contribution in [0.4, 0.5) is 14.6 Å². The van der Waals surface area contributed by atoms with Crippen molar-refractivity contribution in [3.8, 4) is 23.0 Å². The molecule has 4 heterocycles. The molecule has 2 aromatic heterocycles. The summed E-state index contributed by atoms with van der Waals surface area (Å²) in [5, 5.41) is 22.7. The zero-order valence-electron chi connectivity index (χ0n) is 30.3. The van der Waals surface area contributed by atoms with E-state index in [-0.39, 0.29) is 28.4 Å². The van der Waals surface area contributed by atoms with Crippen LogP contribution >= 0.6 is 0 Å². The molecule has 0 radical (unpaired) electrons. The minimum Gasteiger partial charge on any atom is -0.508 e. The van der Waals surface area contributed by atoms with Crippen LogP contribution in [-0.4, -0.2) is 87.7 Å². The first-order chi connectivity index (χ1) is 24.8. The molecule has 0 bridgehead atoms. The Morgan fingerprint density at radius 3 is 2.59 bits per heavy atom. The van der Waals surface area contributed by atoms with Crippen LogP contribution in [0, 0.1) is 17.0 Å². The van der Waals surface area contributed by atoms with Gasteiger partial charge in [-0.15, -0.1) is 0 Å². The van der Waals surface area contributed by atoms with E-state index in [0.717, 1.165) is 57.9 Å². The van der Waals surface area contributed by atoms with Crippen molar-refractivity contribution in [3.05, 3.63) is 47.7 Å². The van der Waals surface area contributed by atoms with Gasteiger partial charge in [-0.05, 0) is 98.9 Å². The van der Waals surface area contributed by atoms with E-state index in [1.807, 2.05) is 25.7 Å². The number of piperidine rings is 2. The molecule has 2 aliphatic carbocycles. The average Bonchev–Trinajstić information content (AvgIpc) is 3.56. The van der Waals surface area contributed by atoms with Gasteiger partial charge in [0.25, 0.3) is 0 Å². The molecule has 0 spiro atoms. The summed E-state index contributed by atoms with van der Waals surface area (Å²) in [6.07, 6.45) is 10.8. The first kappa shape index (κ1) is 35.7. The van der Waals surface area contributed by atoms with Crippen LogP contribution in [0.1, 0.15) is 84.1 Å². The number of pyridine rings is 1. The van der Waals surface area contributed by atoms with Gasteiger partial charge in [-0.2, -0.15) is 9.97 Å². The van der Waals surface area contributed by atoms with Crippen LogP contribution in [0.3, 0.4) is 0 Å². The number of aliphatic hydroxyl groups is 1. The number of phenolic OH excluding ortho intramolecular Hbond substituents is 1. The van der Waals surface area contributed by atoms with Gasteiger partial charge >= 0.3 is 6.01 Å². The number of aromatic hydroxyl groups is 1. The number of anilines is 1. The first-order valence-electron chi connectivity index (χ1n) is 18.9. The lowest BCUT2D eigenvalue weighted by Gasteiger charge is -2.53. The number of aryl methyl sites for hydroxylation is 1. The highest BCUT2D eigenvalue weighted by Crippen LogP contribution is 2.50. The van der Waals surface area contributed by atoms with Gasteiger partial charge in [0.15, 0.2) is 5.82 Å². The zero-order valence-corrected chi connectivity index (χ0v) is 30.3. The maximum Gasteiger partial charge on any atom is 0.319 e. The lowest BCUT2D eigenvalue weighted by Crippen LogP contribution is -2.59. The quantitative estimate of drug-likeness (QED) is 0.192. The van der Waals surface area contributed by atoms with E-state index in [1.54, 1.807) is 25.4 Å². The summed E-state index contributed by atoms with van der Waals surface area (Å²) in [4.78, 5) is 18.8. The number of hydrogen-bond donors (Lipinski definition) is 2. The lowest BCUT2D eigenvalue weighted by molar-refractivity contribution is -0.0845. The highest BCUT2D eigenvalue weighted by atomic mass is 19.1. The molecule has 2 saturated carbocycles. The second kappa shape index (κ2) is 14.8. The summed E-state index contributed by atoms with van der Waals surface area (Å²) in [6.45, 7) is 8.38. The topological polar surface area (TPSA) is 104 Å². The van der Waals surface area contributed by atoms with Crippen molar-refractivity contribution in [1.29, 1.82) is 0 Å². The minimum atomic E-state index is -0.694. The molecule has 2 aliphatic heterocycles. The number of rotatable bonds is 8. The Labute approximate surface area is 299 Å². The summed E-state index contributed by atoms with van der Waals surface area (Å²) in [5.74, 6) is -0.684. The highest BCUT2D eigenvalue weighted by molar-refractivity contribution is 6.01. The summed E-state index contributed by atoms with van der Waals surface area (Å²) in [7, 11) is 1.79. The normalized spacial score (nSPS) is 26.5. The van der Waals surface area contributed by atoms with Gasteiger partial charge in [-0.25, -0.2) is 8.78 Å². The third kappa shape index (κ3) is 6.50. The van der Waals surface area contributed by atoms with Gasteiger partial charge in [0.05, 0.1) is 24.2 Å². The fraction of sp³-hybridized carbons (Fsp3) is 0.575. The Morgan fingerprint density at radius 2 is 1.82 bits per heavy atom. The van der Waals surface area contributed by atoms with Crippen molar-refractivity contribution in [2.75, 3.05) is 38.3 Å². The molecule has 51 heavy (non-hydrogen) atoms. The molecule has 9 nitrogen and oxygen atoms in total. The van der Waals surface area contributed by atoms with Gasteiger partial charge in [0, 0.05) is 49.5 Å². The average molecular weight is 704 g/mol. The van der Waals surface area contributed by atoms with Crippen LogP contribution in [0.25, 0.3) is 32.9 Å². The molecule has 274 valence electrons. The Kier molecular flexibility index (Phi) is 10.3. The van der Waals surface area contributed by atoms with E-state index in [0.29, 0.717) is 83.8 Å². The van der Waals surface area contributed by atoms with Gasteiger partial charge < -0.3 is 24.6 Å². The Balaban J connectivity index is 0.00000200. The largest absolute Gasteiger partial charge is 0.508 e. The van der Waals surface area contributed by atoms with Crippen molar-refractivity contribution in [1.82, 2.24) is 19.9 Å². The van der Waals surface area contributed by atoms with Crippen LogP contribution in [0.5, 0.6) is 11.8 Å². The second-order valence-corrected chi connectivity index (χ2v) is 14.6. The third-order valence-corrected chi connectivity index (χ3v) is 11.8. The van der Waals surface area contributed by atoms with E-state index < -0.39 is 17.7 Å². The fourth-order valence-electron chi connectivity index (χ4n) is 9.28. The number of methoxy groups -OCH3 is 1. The third-order valence-electron chi connectivity index (χ3n) is 11.8. The van der Waals surface area contributed by atoms with E-state index in [9.17, 15) is 10.2 Å². The van der Waals surface area contributed by atoms with Crippen molar-refractivity contribution < 1.29 is 28.5 Å². The molecule has 8 rings (SSSR count). The zero-order chi connectivity index (χ0) is 35.9. The molecule has 0 amide bonds. The lowest BCUT2D eigenvalue weighted by atomic mass is 9.73. The maximum atomic E-state index is 16.9. The number of aromatic nitrogens is 3. The van der Waals surface area contributed by atoms with Gasteiger partial charge in [-0.1, -0.05) is 33.3 Å². The standard InChI is InChI=1S/C38H45F2N5O4.C2H6/c1-3-27-30(39)10-9-22-15-25(47)18-28(32(22)27)34-33(40)35-29(19-41-34)36(44-13-5-7-24(46)20-44)43-37(42-35)49-21-38-11-4-8-31(38)45(14-6-12-38)23-16-26(17-23)48-2;1-2/h9-10,15,18-19,23-24,26,31,46-47H,3-8,11-14,16-17,20-21H2,1-2H3;1-2H3. The molecule has 3 unspecified atom stereocenters. The Hall–Kier alpha value is -3.67. The van der Waals surface area contributed by atoms with Crippen LogP contribution in [0.15, 0.2) is 30.5 Å². The van der Waals surface area contributed by atoms with Crippen LogP contribution in [0.2, 0.25) is 0 Å². The molecular formula is C40H51F2N5O4. The van der Waals surface area contributed by atoms with Crippen LogP contribution < -0.4 is 9.64 Å². The second-order valence-electron chi connectivity index (χ2n) is 14.6. The van der Waals surface area contributed by atoms with E-state index >= 15 is 8.78 Å². The van der Waals surface area contributed by atoms with Gasteiger partial charge in [0.1, 0.15) is 28.6 Å². The molecular weight excluding hydrogens is 652 g/mol.